The molecule has 1 rings (SSSR count). The van der Waals surface area contributed by atoms with Crippen molar-refractivity contribution in [2.75, 3.05) is 13.2 Å². The van der Waals surface area contributed by atoms with E-state index in [9.17, 15) is 4.39 Å². The summed E-state index contributed by atoms with van der Waals surface area (Å²) in [4.78, 5) is 0. The number of rotatable bonds is 7. The fraction of sp³-hybridized carbons (Fsp3) is 0.538. The molecule has 2 nitrogen and oxygen atoms in total. The van der Waals surface area contributed by atoms with Gasteiger partial charge in [-0.25, -0.2) is 4.39 Å². The summed E-state index contributed by atoms with van der Waals surface area (Å²) in [6.07, 6.45) is 2.85. The third-order valence-electron chi connectivity index (χ3n) is 2.52. The van der Waals surface area contributed by atoms with Crippen molar-refractivity contribution < 1.29 is 9.13 Å². The smallest absolute Gasteiger partial charge is 0.127 e. The predicted molar refractivity (Wildman–Crippen MR) is 63.7 cm³/mol. The van der Waals surface area contributed by atoms with E-state index in [1.165, 1.54) is 6.07 Å². The summed E-state index contributed by atoms with van der Waals surface area (Å²) < 4.78 is 18.8. The molecule has 0 saturated heterocycles. The molecule has 1 atom stereocenters. The number of nitrogens with two attached hydrogens (primary N) is 1. The molecule has 1 unspecified atom stereocenters. The van der Waals surface area contributed by atoms with Crippen LogP contribution in [0, 0.1) is 5.82 Å². The Morgan fingerprint density at radius 3 is 2.75 bits per heavy atom. The van der Waals surface area contributed by atoms with Gasteiger partial charge in [0.2, 0.25) is 0 Å². The van der Waals surface area contributed by atoms with Crippen molar-refractivity contribution in [2.45, 2.75) is 32.2 Å². The van der Waals surface area contributed by atoms with E-state index in [2.05, 4.69) is 6.92 Å². The fourth-order valence-corrected chi connectivity index (χ4v) is 1.49. The summed E-state index contributed by atoms with van der Waals surface area (Å²) in [6, 6.07) is 6.36. The van der Waals surface area contributed by atoms with Crippen molar-refractivity contribution in [3.05, 3.63) is 35.6 Å². The van der Waals surface area contributed by atoms with Crippen LogP contribution in [-0.4, -0.2) is 13.2 Å². The first-order chi connectivity index (χ1) is 7.75. The zero-order valence-electron chi connectivity index (χ0n) is 9.79. The Morgan fingerprint density at radius 1 is 1.31 bits per heavy atom. The lowest BCUT2D eigenvalue weighted by Gasteiger charge is -2.12. The molecule has 0 heterocycles. The highest BCUT2D eigenvalue weighted by Gasteiger charge is 2.09. The molecule has 0 fully saturated rings. The molecule has 0 aliphatic rings. The van der Waals surface area contributed by atoms with Gasteiger partial charge in [0.1, 0.15) is 5.82 Å². The van der Waals surface area contributed by atoms with Crippen LogP contribution in [-0.2, 0) is 4.74 Å². The van der Waals surface area contributed by atoms with Crippen molar-refractivity contribution in [3.63, 3.8) is 0 Å². The number of hydrogen-bond donors (Lipinski definition) is 1. The monoisotopic (exact) mass is 225 g/mol. The second kappa shape index (κ2) is 7.36. The normalized spacial score (nSPS) is 12.7. The maximum atomic E-state index is 13.3. The summed E-state index contributed by atoms with van der Waals surface area (Å²) in [5.41, 5.74) is 6.46. The zero-order valence-corrected chi connectivity index (χ0v) is 9.79. The lowest BCUT2D eigenvalue weighted by molar-refractivity contribution is 0.124. The molecule has 3 heteroatoms. The van der Waals surface area contributed by atoms with E-state index in [0.29, 0.717) is 18.6 Å². The first kappa shape index (κ1) is 13.1. The van der Waals surface area contributed by atoms with Crippen LogP contribution in [0.5, 0.6) is 0 Å². The van der Waals surface area contributed by atoms with Gasteiger partial charge in [0.05, 0.1) is 0 Å². The Morgan fingerprint density at radius 2 is 2.06 bits per heavy atom. The van der Waals surface area contributed by atoms with Gasteiger partial charge in [0, 0.05) is 24.8 Å². The largest absolute Gasteiger partial charge is 0.381 e. The highest BCUT2D eigenvalue weighted by atomic mass is 19.1. The van der Waals surface area contributed by atoms with Crippen LogP contribution >= 0.6 is 0 Å². The van der Waals surface area contributed by atoms with Gasteiger partial charge in [-0.1, -0.05) is 31.5 Å². The Hall–Kier alpha value is -0.930. The molecule has 0 bridgehead atoms. The molecule has 0 amide bonds. The van der Waals surface area contributed by atoms with Crippen LogP contribution in [0.3, 0.4) is 0 Å². The van der Waals surface area contributed by atoms with Crippen LogP contribution in [0.1, 0.15) is 37.8 Å². The van der Waals surface area contributed by atoms with Gasteiger partial charge in [0.25, 0.3) is 0 Å². The quantitative estimate of drug-likeness (QED) is 0.724. The predicted octanol–water partition coefficient (Wildman–Crippen LogP) is 3.03. The average Bonchev–Trinajstić information content (AvgIpc) is 2.29. The molecule has 0 saturated carbocycles. The van der Waals surface area contributed by atoms with E-state index >= 15 is 0 Å². The van der Waals surface area contributed by atoms with E-state index in [0.717, 1.165) is 19.4 Å². The molecule has 0 spiro atoms. The van der Waals surface area contributed by atoms with E-state index in [1.54, 1.807) is 18.2 Å². The molecule has 1 aromatic carbocycles. The van der Waals surface area contributed by atoms with Crippen LogP contribution in [0.25, 0.3) is 0 Å². The van der Waals surface area contributed by atoms with Crippen LogP contribution in [0.2, 0.25) is 0 Å². The molecule has 0 radical (unpaired) electrons. The summed E-state index contributed by atoms with van der Waals surface area (Å²) in [5.74, 6) is -0.233. The summed E-state index contributed by atoms with van der Waals surface area (Å²) in [6.45, 7) is 3.48. The zero-order chi connectivity index (χ0) is 11.8. The number of hydrogen-bond acceptors (Lipinski definition) is 2. The molecule has 0 aliphatic carbocycles. The number of halogens is 1. The molecule has 2 N–H and O–H groups in total. The van der Waals surface area contributed by atoms with E-state index in [4.69, 9.17) is 10.5 Å². The Balaban J connectivity index is 2.30. The van der Waals surface area contributed by atoms with Gasteiger partial charge in [-0.2, -0.15) is 0 Å². The van der Waals surface area contributed by atoms with Gasteiger partial charge < -0.3 is 10.5 Å². The van der Waals surface area contributed by atoms with Gasteiger partial charge in [-0.3, -0.25) is 0 Å². The highest BCUT2D eigenvalue weighted by Crippen LogP contribution is 2.17. The topological polar surface area (TPSA) is 35.2 Å². The second-order valence-corrected chi connectivity index (χ2v) is 3.88. The van der Waals surface area contributed by atoms with Gasteiger partial charge in [-0.15, -0.1) is 0 Å². The number of unbranched alkanes of at least 4 members (excludes halogenated alkanes) is 1. The Bertz CT molecular complexity index is 304. The molecule has 1 aromatic rings. The number of ether oxygens (including phenoxy) is 1. The van der Waals surface area contributed by atoms with E-state index in [1.807, 2.05) is 0 Å². The van der Waals surface area contributed by atoms with E-state index in [-0.39, 0.29) is 11.9 Å². The number of benzene rings is 1. The summed E-state index contributed by atoms with van der Waals surface area (Å²) in [5, 5.41) is 0. The third kappa shape index (κ3) is 4.29. The molecule has 0 aromatic heterocycles. The minimum atomic E-state index is -0.275. The van der Waals surface area contributed by atoms with Crippen molar-refractivity contribution in [3.8, 4) is 0 Å². The minimum absolute atomic E-state index is 0.233. The maximum Gasteiger partial charge on any atom is 0.127 e. The highest BCUT2D eigenvalue weighted by molar-refractivity contribution is 5.20. The Labute approximate surface area is 96.6 Å². The Kier molecular flexibility index (Phi) is 6.04. The van der Waals surface area contributed by atoms with Gasteiger partial charge in [0.15, 0.2) is 0 Å². The maximum absolute atomic E-state index is 13.3. The first-order valence-corrected chi connectivity index (χ1v) is 5.83. The van der Waals surface area contributed by atoms with Gasteiger partial charge in [-0.05, 0) is 18.9 Å². The minimum Gasteiger partial charge on any atom is -0.381 e. The van der Waals surface area contributed by atoms with Gasteiger partial charge >= 0.3 is 0 Å². The van der Waals surface area contributed by atoms with E-state index < -0.39 is 0 Å². The standard InChI is InChI=1S/C13H20FNO/c1-2-3-9-16-10-8-13(15)11-6-4-5-7-12(11)14/h4-7,13H,2-3,8-10,15H2,1H3. The fourth-order valence-electron chi connectivity index (χ4n) is 1.49. The molecule has 0 aliphatic heterocycles. The average molecular weight is 225 g/mol. The van der Waals surface area contributed by atoms with Crippen LogP contribution < -0.4 is 5.73 Å². The first-order valence-electron chi connectivity index (χ1n) is 5.83. The SMILES string of the molecule is CCCCOCCC(N)c1ccccc1F. The lowest BCUT2D eigenvalue weighted by Crippen LogP contribution is -2.14. The molecular weight excluding hydrogens is 205 g/mol. The molecular formula is C13H20FNO. The second-order valence-electron chi connectivity index (χ2n) is 3.88. The lowest BCUT2D eigenvalue weighted by atomic mass is 10.0. The molecule has 16 heavy (non-hydrogen) atoms. The van der Waals surface area contributed by atoms with Crippen molar-refractivity contribution >= 4 is 0 Å². The van der Waals surface area contributed by atoms with Crippen molar-refractivity contribution in [1.29, 1.82) is 0 Å². The molecule has 90 valence electrons. The summed E-state index contributed by atoms with van der Waals surface area (Å²) in [7, 11) is 0. The van der Waals surface area contributed by atoms with Crippen molar-refractivity contribution in [2.24, 2.45) is 5.73 Å². The summed E-state index contributed by atoms with van der Waals surface area (Å²) >= 11 is 0. The van der Waals surface area contributed by atoms with Crippen LogP contribution in [0.4, 0.5) is 4.39 Å². The van der Waals surface area contributed by atoms with Crippen LogP contribution in [0.15, 0.2) is 24.3 Å². The van der Waals surface area contributed by atoms with Crippen molar-refractivity contribution in [1.82, 2.24) is 0 Å². The third-order valence-corrected chi connectivity index (χ3v) is 2.52.